The van der Waals surface area contributed by atoms with Crippen molar-refractivity contribution in [2.45, 2.75) is 25.4 Å². The number of rotatable bonds is 6. The molecule has 180 valence electrons. The number of nitrogens with zero attached hydrogens (tertiary/aromatic N) is 4. The largest absolute Gasteiger partial charge is 0.493 e. The second kappa shape index (κ2) is 9.82. The number of methoxy groups -OCH3 is 1. The highest BCUT2D eigenvalue weighted by molar-refractivity contribution is 5.92. The van der Waals surface area contributed by atoms with Crippen LogP contribution < -0.4 is 14.4 Å². The van der Waals surface area contributed by atoms with Gasteiger partial charge < -0.3 is 14.4 Å². The zero-order valence-electron chi connectivity index (χ0n) is 20.3. The number of pyridine rings is 1. The molecule has 1 saturated heterocycles. The monoisotopic (exact) mass is 476 g/mol. The van der Waals surface area contributed by atoms with Gasteiger partial charge in [-0.2, -0.15) is 0 Å². The van der Waals surface area contributed by atoms with E-state index in [-0.39, 0.29) is 0 Å². The Hall–Kier alpha value is -4.19. The van der Waals surface area contributed by atoms with Gasteiger partial charge >= 0.3 is 0 Å². The van der Waals surface area contributed by atoms with Gasteiger partial charge in [-0.25, -0.2) is 15.0 Å². The lowest BCUT2D eigenvalue weighted by Crippen LogP contribution is -2.35. The Balaban J connectivity index is 1.30. The molecule has 1 atom stereocenters. The van der Waals surface area contributed by atoms with Crippen LogP contribution in [0.3, 0.4) is 0 Å². The van der Waals surface area contributed by atoms with E-state index in [0.29, 0.717) is 24.0 Å². The van der Waals surface area contributed by atoms with Crippen molar-refractivity contribution in [1.29, 1.82) is 0 Å². The normalized spacial score (nSPS) is 15.8. The van der Waals surface area contributed by atoms with E-state index in [9.17, 15) is 0 Å². The smallest absolute Gasteiger partial charge is 0.162 e. The van der Waals surface area contributed by atoms with Gasteiger partial charge in [0.1, 0.15) is 18.8 Å². The van der Waals surface area contributed by atoms with E-state index in [1.54, 1.807) is 13.4 Å². The van der Waals surface area contributed by atoms with Gasteiger partial charge in [0.15, 0.2) is 11.5 Å². The standard InChI is InChI=1S/C30H28N4O2/c1-35-28-17-27-25(16-29(28)36-19-24-14-13-22-10-5-6-12-26(22)33-24)30(32-20-31-27)34-15-7-11-23(18-34)21-8-3-2-4-9-21/h2-6,8-10,12-14,16-17,20,23H,7,11,15,18-19H2,1H3. The average Bonchev–Trinajstić information content (AvgIpc) is 2.95. The molecule has 1 unspecified atom stereocenters. The van der Waals surface area contributed by atoms with Crippen molar-refractivity contribution in [2.24, 2.45) is 0 Å². The number of fused-ring (bicyclic) bond motifs is 2. The van der Waals surface area contributed by atoms with Gasteiger partial charge in [-0.15, -0.1) is 0 Å². The molecule has 3 aromatic carbocycles. The van der Waals surface area contributed by atoms with Crippen LogP contribution in [0.4, 0.5) is 5.82 Å². The molecule has 0 radical (unpaired) electrons. The van der Waals surface area contributed by atoms with Gasteiger partial charge in [-0.1, -0.05) is 54.6 Å². The van der Waals surface area contributed by atoms with Crippen molar-refractivity contribution in [2.75, 3.05) is 25.1 Å². The first-order valence-corrected chi connectivity index (χ1v) is 12.4. The zero-order chi connectivity index (χ0) is 24.3. The quantitative estimate of drug-likeness (QED) is 0.293. The molecule has 6 rings (SSSR count). The Morgan fingerprint density at radius 2 is 1.75 bits per heavy atom. The SMILES string of the molecule is COc1cc2ncnc(N3CCCC(c4ccccc4)C3)c2cc1OCc1ccc2ccccc2n1. The molecule has 1 aliphatic rings. The second-order valence-corrected chi connectivity index (χ2v) is 9.20. The maximum atomic E-state index is 6.24. The summed E-state index contributed by atoms with van der Waals surface area (Å²) in [5.41, 5.74) is 4.05. The van der Waals surface area contributed by atoms with E-state index in [4.69, 9.17) is 19.4 Å². The Labute approximate surface area is 210 Å². The number of aromatic nitrogens is 3. The number of para-hydroxylation sites is 1. The third kappa shape index (κ3) is 4.42. The van der Waals surface area contributed by atoms with E-state index >= 15 is 0 Å². The number of piperidine rings is 1. The molecule has 5 aromatic rings. The summed E-state index contributed by atoms with van der Waals surface area (Å²) >= 11 is 0. The molecule has 0 N–H and O–H groups in total. The minimum atomic E-state index is 0.343. The van der Waals surface area contributed by atoms with Crippen LogP contribution in [0.25, 0.3) is 21.8 Å². The summed E-state index contributed by atoms with van der Waals surface area (Å²) < 4.78 is 11.9. The van der Waals surface area contributed by atoms with Crippen molar-refractivity contribution in [3.63, 3.8) is 0 Å². The third-order valence-electron chi connectivity index (χ3n) is 6.92. The van der Waals surface area contributed by atoms with E-state index in [1.807, 2.05) is 36.4 Å². The predicted octanol–water partition coefficient (Wildman–Crippen LogP) is 6.15. The van der Waals surface area contributed by atoms with Gasteiger partial charge in [0.05, 0.1) is 23.8 Å². The molecule has 2 aromatic heterocycles. The van der Waals surface area contributed by atoms with E-state index in [1.165, 1.54) is 12.0 Å². The average molecular weight is 477 g/mol. The summed E-state index contributed by atoms with van der Waals surface area (Å²) in [5, 5.41) is 2.08. The minimum absolute atomic E-state index is 0.343. The minimum Gasteiger partial charge on any atom is -0.493 e. The summed E-state index contributed by atoms with van der Waals surface area (Å²) in [6.07, 6.45) is 3.95. The van der Waals surface area contributed by atoms with Crippen molar-refractivity contribution >= 4 is 27.6 Å². The highest BCUT2D eigenvalue weighted by atomic mass is 16.5. The summed E-state index contributed by atoms with van der Waals surface area (Å²) in [6, 6.07) is 26.9. The Morgan fingerprint density at radius 1 is 0.889 bits per heavy atom. The molecule has 0 spiro atoms. The predicted molar refractivity (Wildman–Crippen MR) is 143 cm³/mol. The van der Waals surface area contributed by atoms with Gasteiger partial charge in [0.25, 0.3) is 0 Å². The van der Waals surface area contributed by atoms with Gasteiger partial charge in [-0.05, 0) is 36.6 Å². The molecule has 3 heterocycles. The van der Waals surface area contributed by atoms with Crippen LogP contribution in [0, 0.1) is 0 Å². The number of hydrogen-bond acceptors (Lipinski definition) is 6. The molecule has 0 aliphatic carbocycles. The lowest BCUT2D eigenvalue weighted by atomic mass is 9.90. The molecule has 0 saturated carbocycles. The summed E-state index contributed by atoms with van der Waals surface area (Å²) in [7, 11) is 1.65. The lowest BCUT2D eigenvalue weighted by molar-refractivity contribution is 0.281. The molecule has 6 heteroatoms. The highest BCUT2D eigenvalue weighted by Gasteiger charge is 2.24. The maximum Gasteiger partial charge on any atom is 0.162 e. The van der Waals surface area contributed by atoms with Crippen LogP contribution in [-0.4, -0.2) is 35.2 Å². The topological polar surface area (TPSA) is 60.4 Å². The zero-order valence-corrected chi connectivity index (χ0v) is 20.3. The van der Waals surface area contributed by atoms with Crippen LogP contribution in [-0.2, 0) is 6.61 Å². The second-order valence-electron chi connectivity index (χ2n) is 9.20. The molecule has 1 aliphatic heterocycles. The summed E-state index contributed by atoms with van der Waals surface area (Å²) in [4.78, 5) is 16.4. The van der Waals surface area contributed by atoms with Crippen molar-refractivity contribution < 1.29 is 9.47 Å². The van der Waals surface area contributed by atoms with E-state index in [0.717, 1.165) is 52.8 Å². The van der Waals surface area contributed by atoms with Crippen molar-refractivity contribution in [3.05, 3.63) is 96.4 Å². The Morgan fingerprint density at radius 3 is 2.64 bits per heavy atom. The summed E-state index contributed by atoms with van der Waals surface area (Å²) in [5.74, 6) is 2.73. The Kier molecular flexibility index (Phi) is 6.08. The first-order valence-electron chi connectivity index (χ1n) is 12.4. The van der Waals surface area contributed by atoms with Crippen LogP contribution in [0.15, 0.2) is 85.2 Å². The first kappa shape index (κ1) is 22.3. The van der Waals surface area contributed by atoms with Gasteiger partial charge in [0, 0.05) is 35.8 Å². The molecule has 36 heavy (non-hydrogen) atoms. The fourth-order valence-electron chi connectivity index (χ4n) is 5.08. The third-order valence-corrected chi connectivity index (χ3v) is 6.92. The number of anilines is 1. The summed E-state index contributed by atoms with van der Waals surface area (Å²) in [6.45, 7) is 2.24. The lowest BCUT2D eigenvalue weighted by Gasteiger charge is -2.34. The maximum absolute atomic E-state index is 6.24. The highest BCUT2D eigenvalue weighted by Crippen LogP contribution is 2.37. The number of hydrogen-bond donors (Lipinski definition) is 0. The van der Waals surface area contributed by atoms with Crippen LogP contribution in [0.2, 0.25) is 0 Å². The van der Waals surface area contributed by atoms with Crippen molar-refractivity contribution in [1.82, 2.24) is 15.0 Å². The number of ether oxygens (including phenoxy) is 2. The van der Waals surface area contributed by atoms with Crippen LogP contribution >= 0.6 is 0 Å². The molecular weight excluding hydrogens is 448 g/mol. The van der Waals surface area contributed by atoms with Crippen molar-refractivity contribution in [3.8, 4) is 11.5 Å². The van der Waals surface area contributed by atoms with Gasteiger partial charge in [0.2, 0.25) is 0 Å². The first-order chi connectivity index (χ1) is 17.8. The fraction of sp³-hybridized carbons (Fsp3) is 0.233. The Bertz CT molecular complexity index is 1510. The van der Waals surface area contributed by atoms with E-state index < -0.39 is 0 Å². The van der Waals surface area contributed by atoms with Gasteiger partial charge in [-0.3, -0.25) is 0 Å². The molecule has 0 bridgehead atoms. The molecule has 0 amide bonds. The molecular formula is C30H28N4O2. The van der Waals surface area contributed by atoms with Crippen LogP contribution in [0.5, 0.6) is 11.5 Å². The fourth-order valence-corrected chi connectivity index (χ4v) is 5.08. The molecule has 1 fully saturated rings. The molecule has 6 nitrogen and oxygen atoms in total. The van der Waals surface area contributed by atoms with E-state index in [2.05, 4.69) is 52.3 Å². The number of benzene rings is 3. The van der Waals surface area contributed by atoms with Crippen LogP contribution in [0.1, 0.15) is 30.0 Å².